The molecule has 2 nitrogen and oxygen atoms in total. The second-order valence-electron chi connectivity index (χ2n) is 9.81. The van der Waals surface area contributed by atoms with Gasteiger partial charge < -0.3 is 5.32 Å². The second-order valence-corrected chi connectivity index (χ2v) is 9.81. The second kappa shape index (κ2) is 4.96. The lowest BCUT2D eigenvalue weighted by Gasteiger charge is -2.61. The first-order valence-corrected chi connectivity index (χ1v) is 9.43. The summed E-state index contributed by atoms with van der Waals surface area (Å²) in [5, 5.41) is 3.84. The van der Waals surface area contributed by atoms with Crippen LogP contribution in [0.5, 0.6) is 0 Å². The molecule has 4 aliphatic carbocycles. The maximum absolute atomic E-state index is 3.84. The van der Waals surface area contributed by atoms with Crippen LogP contribution in [0, 0.1) is 23.2 Å². The molecule has 5 rings (SSSR count). The molecule has 0 radical (unpaired) electrons. The lowest BCUT2D eigenvalue weighted by Crippen LogP contribution is -2.62. The summed E-state index contributed by atoms with van der Waals surface area (Å²) in [4.78, 5) is 2.97. The molecular weight excluding hydrogens is 256 g/mol. The Hall–Kier alpha value is -0.0800. The van der Waals surface area contributed by atoms with Gasteiger partial charge in [0.15, 0.2) is 0 Å². The minimum atomic E-state index is 0.380. The first kappa shape index (κ1) is 14.5. The molecule has 0 spiro atoms. The molecule has 5 aliphatic rings. The van der Waals surface area contributed by atoms with Gasteiger partial charge in [0, 0.05) is 18.1 Å². The van der Waals surface area contributed by atoms with Crippen LogP contribution in [0.25, 0.3) is 0 Å². The van der Waals surface area contributed by atoms with Crippen molar-refractivity contribution in [2.75, 3.05) is 19.6 Å². The molecule has 0 aromatic rings. The average molecular weight is 290 g/mol. The largest absolute Gasteiger partial charge is 0.312 e. The summed E-state index contributed by atoms with van der Waals surface area (Å²) in [5.41, 5.74) is 0.981. The molecule has 4 saturated carbocycles. The minimum absolute atomic E-state index is 0.380. The maximum atomic E-state index is 3.84. The van der Waals surface area contributed by atoms with E-state index in [1.54, 1.807) is 19.3 Å². The molecule has 1 aliphatic heterocycles. The van der Waals surface area contributed by atoms with Crippen molar-refractivity contribution >= 4 is 0 Å². The number of rotatable bonds is 1. The van der Waals surface area contributed by atoms with E-state index >= 15 is 0 Å². The highest BCUT2D eigenvalue weighted by Gasteiger charge is 2.53. The zero-order chi connectivity index (χ0) is 14.7. The smallest absolute Gasteiger partial charge is 0.0243 e. The van der Waals surface area contributed by atoms with E-state index in [0.29, 0.717) is 17.0 Å². The summed E-state index contributed by atoms with van der Waals surface area (Å²) < 4.78 is 0. The molecule has 21 heavy (non-hydrogen) atoms. The van der Waals surface area contributed by atoms with E-state index in [1.165, 1.54) is 45.3 Å². The molecule has 2 heteroatoms. The number of nitrogens with one attached hydrogen (secondary N) is 1. The zero-order valence-electron chi connectivity index (χ0n) is 14.3. The Morgan fingerprint density at radius 3 is 2.05 bits per heavy atom. The van der Waals surface area contributed by atoms with Crippen molar-refractivity contribution in [2.24, 2.45) is 23.2 Å². The molecule has 0 aromatic carbocycles. The molecule has 5 fully saturated rings. The lowest BCUT2D eigenvalue weighted by molar-refractivity contribution is -0.0914. The highest BCUT2D eigenvalue weighted by atomic mass is 15.2. The van der Waals surface area contributed by atoms with Crippen LogP contribution in [0.1, 0.15) is 65.7 Å². The van der Waals surface area contributed by atoms with E-state index in [0.717, 1.165) is 17.8 Å². The third kappa shape index (κ3) is 2.57. The van der Waals surface area contributed by atoms with Crippen molar-refractivity contribution in [1.82, 2.24) is 10.2 Å². The van der Waals surface area contributed by atoms with Crippen LogP contribution < -0.4 is 5.32 Å². The minimum Gasteiger partial charge on any atom is -0.312 e. The predicted molar refractivity (Wildman–Crippen MR) is 88.3 cm³/mol. The Labute approximate surface area is 131 Å². The normalized spacial score (nSPS) is 47.6. The lowest BCUT2D eigenvalue weighted by atomic mass is 9.52. The maximum Gasteiger partial charge on any atom is 0.0243 e. The van der Waals surface area contributed by atoms with Crippen LogP contribution in [-0.4, -0.2) is 36.1 Å². The van der Waals surface area contributed by atoms with Crippen LogP contribution in [0.15, 0.2) is 0 Å². The fraction of sp³-hybridized carbons (Fsp3) is 1.00. The van der Waals surface area contributed by atoms with Crippen molar-refractivity contribution < 1.29 is 0 Å². The quantitative estimate of drug-likeness (QED) is 0.793. The fourth-order valence-electron chi connectivity index (χ4n) is 6.39. The summed E-state index contributed by atoms with van der Waals surface area (Å²) in [6.45, 7) is 11.1. The monoisotopic (exact) mass is 290 g/mol. The van der Waals surface area contributed by atoms with Crippen molar-refractivity contribution in [3.8, 4) is 0 Å². The standard InChI is InChI=1S/C19H34N2/c1-18(2,3)17-13-21(6-4-5-20-17)19-10-14-7-15(11-19)9-16(8-14)12-19/h14-17,20H,4-13H2,1-3H3. The molecule has 1 N–H and O–H groups in total. The Kier molecular flexibility index (Phi) is 3.43. The summed E-state index contributed by atoms with van der Waals surface area (Å²) in [5.74, 6) is 3.21. The molecule has 4 bridgehead atoms. The molecule has 1 heterocycles. The van der Waals surface area contributed by atoms with Gasteiger partial charge in [0.1, 0.15) is 0 Å². The zero-order valence-corrected chi connectivity index (χ0v) is 14.3. The Bertz CT molecular complexity index is 360. The summed E-state index contributed by atoms with van der Waals surface area (Å²) in [6.07, 6.45) is 10.6. The molecule has 1 saturated heterocycles. The summed E-state index contributed by atoms with van der Waals surface area (Å²) in [6, 6.07) is 0.660. The third-order valence-electron chi connectivity index (χ3n) is 7.12. The molecule has 120 valence electrons. The average Bonchev–Trinajstić information content (AvgIpc) is 2.62. The van der Waals surface area contributed by atoms with E-state index in [4.69, 9.17) is 0 Å². The predicted octanol–water partition coefficient (Wildman–Crippen LogP) is 3.67. The van der Waals surface area contributed by atoms with Gasteiger partial charge in [0.25, 0.3) is 0 Å². The highest BCUT2D eigenvalue weighted by Crippen LogP contribution is 2.58. The molecule has 0 amide bonds. The summed E-state index contributed by atoms with van der Waals surface area (Å²) >= 11 is 0. The van der Waals surface area contributed by atoms with Crippen LogP contribution >= 0.6 is 0 Å². The van der Waals surface area contributed by atoms with Crippen LogP contribution in [0.3, 0.4) is 0 Å². The van der Waals surface area contributed by atoms with Gasteiger partial charge in [-0.3, -0.25) is 4.90 Å². The number of hydrogen-bond donors (Lipinski definition) is 1. The van der Waals surface area contributed by atoms with E-state index in [1.807, 2.05) is 0 Å². The van der Waals surface area contributed by atoms with Gasteiger partial charge in [0.05, 0.1) is 0 Å². The van der Waals surface area contributed by atoms with Gasteiger partial charge in [-0.05, 0) is 81.2 Å². The first-order chi connectivity index (χ1) is 9.95. The SMILES string of the molecule is CC(C)(C)C1CN(C23CC4CC(CC(C4)C2)C3)CCCN1. The Morgan fingerprint density at radius 2 is 1.52 bits per heavy atom. The molecule has 1 atom stereocenters. The fourth-order valence-corrected chi connectivity index (χ4v) is 6.39. The van der Waals surface area contributed by atoms with Crippen LogP contribution in [0.4, 0.5) is 0 Å². The topological polar surface area (TPSA) is 15.3 Å². The van der Waals surface area contributed by atoms with Crippen LogP contribution in [0.2, 0.25) is 0 Å². The van der Waals surface area contributed by atoms with Crippen molar-refractivity contribution in [1.29, 1.82) is 0 Å². The Morgan fingerprint density at radius 1 is 0.952 bits per heavy atom. The van der Waals surface area contributed by atoms with E-state index in [-0.39, 0.29) is 0 Å². The van der Waals surface area contributed by atoms with Gasteiger partial charge in [-0.1, -0.05) is 20.8 Å². The number of hydrogen-bond acceptors (Lipinski definition) is 2. The van der Waals surface area contributed by atoms with E-state index < -0.39 is 0 Å². The van der Waals surface area contributed by atoms with Crippen LogP contribution in [-0.2, 0) is 0 Å². The van der Waals surface area contributed by atoms with Crippen molar-refractivity contribution in [3.63, 3.8) is 0 Å². The summed E-state index contributed by atoms with van der Waals surface area (Å²) in [7, 11) is 0. The van der Waals surface area contributed by atoms with E-state index in [2.05, 4.69) is 31.0 Å². The van der Waals surface area contributed by atoms with Gasteiger partial charge in [-0.2, -0.15) is 0 Å². The van der Waals surface area contributed by atoms with Crippen molar-refractivity contribution in [3.05, 3.63) is 0 Å². The van der Waals surface area contributed by atoms with Gasteiger partial charge in [-0.15, -0.1) is 0 Å². The van der Waals surface area contributed by atoms with Gasteiger partial charge >= 0.3 is 0 Å². The highest BCUT2D eigenvalue weighted by molar-refractivity contribution is 5.08. The molecular formula is C19H34N2. The first-order valence-electron chi connectivity index (χ1n) is 9.43. The van der Waals surface area contributed by atoms with E-state index in [9.17, 15) is 0 Å². The van der Waals surface area contributed by atoms with Crippen molar-refractivity contribution in [2.45, 2.75) is 77.3 Å². The Balaban J connectivity index is 1.57. The van der Waals surface area contributed by atoms with Gasteiger partial charge in [0.2, 0.25) is 0 Å². The third-order valence-corrected chi connectivity index (χ3v) is 7.12. The molecule has 0 aromatic heterocycles. The van der Waals surface area contributed by atoms with Gasteiger partial charge in [-0.25, -0.2) is 0 Å². The number of nitrogens with zero attached hydrogens (tertiary/aromatic N) is 1. The molecule has 1 unspecified atom stereocenters.